The number of esters is 1. The zero-order chi connectivity index (χ0) is 13.9. The van der Waals surface area contributed by atoms with Crippen LogP contribution in [0.5, 0.6) is 0 Å². The molecule has 0 bridgehead atoms. The molecule has 0 radical (unpaired) electrons. The molecule has 1 rings (SSSR count). The van der Waals surface area contributed by atoms with Crippen LogP contribution in [0, 0.1) is 17.5 Å². The predicted molar refractivity (Wildman–Crippen MR) is 65.4 cm³/mol. The third kappa shape index (κ3) is 3.02. The van der Waals surface area contributed by atoms with Crippen molar-refractivity contribution in [2.75, 3.05) is 7.11 Å². The van der Waals surface area contributed by atoms with E-state index in [1.807, 2.05) is 0 Å². The average molecular weight is 372 g/mol. The lowest BCUT2D eigenvalue weighted by atomic mass is 10.0. The number of methoxy groups -OCH3 is 1. The highest BCUT2D eigenvalue weighted by atomic mass is 127. The maximum atomic E-state index is 13.4. The molecule has 98 valence electrons. The van der Waals surface area contributed by atoms with Crippen molar-refractivity contribution in [2.45, 2.75) is 6.10 Å². The summed E-state index contributed by atoms with van der Waals surface area (Å²) in [6.45, 7) is 0. The van der Waals surface area contributed by atoms with Crippen LogP contribution in [-0.2, 0) is 9.53 Å². The molecule has 0 amide bonds. The van der Waals surface area contributed by atoms with E-state index in [0.29, 0.717) is 12.1 Å². The van der Waals surface area contributed by atoms with Crippen molar-refractivity contribution in [3.8, 4) is 0 Å². The Morgan fingerprint density at radius 2 is 1.89 bits per heavy atom. The van der Waals surface area contributed by atoms with Crippen molar-refractivity contribution in [3.63, 3.8) is 0 Å². The van der Waals surface area contributed by atoms with Gasteiger partial charge < -0.3 is 9.84 Å². The maximum absolute atomic E-state index is 13.4. The fraction of sp³-hybridized carbons (Fsp3) is 0.182. The lowest BCUT2D eigenvalue weighted by Crippen LogP contribution is -2.14. The number of ether oxygens (including phenoxy) is 1. The number of hydrogen-bond acceptors (Lipinski definition) is 3. The van der Waals surface area contributed by atoms with Crippen molar-refractivity contribution in [2.24, 2.45) is 0 Å². The number of rotatable bonds is 3. The second-order valence-corrected chi connectivity index (χ2v) is 3.87. The zero-order valence-corrected chi connectivity index (χ0v) is 11.2. The van der Waals surface area contributed by atoms with Gasteiger partial charge in [-0.15, -0.1) is 0 Å². The van der Waals surface area contributed by atoms with Crippen LogP contribution in [0.25, 0.3) is 0 Å². The fourth-order valence-electron chi connectivity index (χ4n) is 1.25. The smallest absolute Gasteiger partial charge is 0.337 e. The number of benzene rings is 1. The fourth-order valence-corrected chi connectivity index (χ4v) is 1.84. The Kier molecular flexibility index (Phi) is 5.15. The van der Waals surface area contributed by atoms with E-state index in [1.54, 1.807) is 22.6 Å². The molecule has 0 spiro atoms. The summed E-state index contributed by atoms with van der Waals surface area (Å²) in [7, 11) is 1.08. The Balaban J connectivity index is 3.22. The summed E-state index contributed by atoms with van der Waals surface area (Å²) in [6.07, 6.45) is -1.73. The quantitative estimate of drug-likeness (QED) is 0.384. The summed E-state index contributed by atoms with van der Waals surface area (Å²) >= 11 is 1.64. The molecule has 7 heteroatoms. The van der Waals surface area contributed by atoms with Crippen LogP contribution >= 0.6 is 22.6 Å². The first-order chi connectivity index (χ1) is 8.42. The minimum absolute atomic E-state index is 0.275. The van der Waals surface area contributed by atoms with Gasteiger partial charge in [0, 0.05) is 11.6 Å². The van der Waals surface area contributed by atoms with Gasteiger partial charge in [-0.05, 0) is 10.1 Å². The van der Waals surface area contributed by atoms with E-state index in [-0.39, 0.29) is 5.57 Å². The van der Waals surface area contributed by atoms with Crippen molar-refractivity contribution in [1.29, 1.82) is 0 Å². The molecule has 1 aromatic rings. The first-order valence-electron chi connectivity index (χ1n) is 4.63. The van der Waals surface area contributed by atoms with Gasteiger partial charge in [-0.2, -0.15) is 0 Å². The van der Waals surface area contributed by atoms with Gasteiger partial charge in [-0.1, -0.05) is 22.6 Å². The van der Waals surface area contributed by atoms with Gasteiger partial charge >= 0.3 is 5.97 Å². The van der Waals surface area contributed by atoms with Gasteiger partial charge in [0.2, 0.25) is 0 Å². The molecule has 1 N–H and O–H groups in total. The van der Waals surface area contributed by atoms with Crippen LogP contribution in [0.2, 0.25) is 0 Å². The molecule has 0 aromatic heterocycles. The van der Waals surface area contributed by atoms with Gasteiger partial charge in [0.1, 0.15) is 11.9 Å². The summed E-state index contributed by atoms with van der Waals surface area (Å²) in [5.41, 5.74) is -0.815. The lowest BCUT2D eigenvalue weighted by Gasteiger charge is -2.14. The molecule has 0 aliphatic heterocycles. The minimum atomic E-state index is -1.73. The molecule has 18 heavy (non-hydrogen) atoms. The van der Waals surface area contributed by atoms with E-state index in [4.69, 9.17) is 0 Å². The van der Waals surface area contributed by atoms with Crippen molar-refractivity contribution < 1.29 is 27.8 Å². The summed E-state index contributed by atoms with van der Waals surface area (Å²) in [5, 5.41) is 9.77. The Morgan fingerprint density at radius 3 is 2.39 bits per heavy atom. The van der Waals surface area contributed by atoms with E-state index >= 15 is 0 Å². The Morgan fingerprint density at radius 1 is 1.33 bits per heavy atom. The van der Waals surface area contributed by atoms with Crippen molar-refractivity contribution >= 4 is 28.6 Å². The molecule has 0 aliphatic carbocycles. The van der Waals surface area contributed by atoms with Crippen molar-refractivity contribution in [1.82, 2.24) is 0 Å². The number of hydrogen-bond donors (Lipinski definition) is 1. The second kappa shape index (κ2) is 6.19. The van der Waals surface area contributed by atoms with E-state index < -0.39 is 35.1 Å². The average Bonchev–Trinajstić information content (AvgIpc) is 2.34. The maximum Gasteiger partial charge on any atom is 0.337 e. The lowest BCUT2D eigenvalue weighted by molar-refractivity contribution is -0.137. The van der Waals surface area contributed by atoms with Gasteiger partial charge in [-0.3, -0.25) is 0 Å². The normalized spacial score (nSPS) is 13.3. The minimum Gasteiger partial charge on any atom is -0.466 e. The van der Waals surface area contributed by atoms with E-state index in [2.05, 4.69) is 4.74 Å². The Labute approximate surface area is 114 Å². The van der Waals surface area contributed by atoms with Crippen LogP contribution in [0.1, 0.15) is 11.7 Å². The first kappa shape index (κ1) is 15.0. The molecule has 0 fully saturated rings. The topological polar surface area (TPSA) is 46.5 Å². The summed E-state index contributed by atoms with van der Waals surface area (Å²) < 4.78 is 44.7. The summed E-state index contributed by atoms with van der Waals surface area (Å²) in [6, 6.07) is 0.800. The monoisotopic (exact) mass is 372 g/mol. The van der Waals surface area contributed by atoms with Gasteiger partial charge in [0.05, 0.1) is 12.7 Å². The van der Waals surface area contributed by atoms with Crippen LogP contribution in [0.15, 0.2) is 21.8 Å². The molecule has 1 unspecified atom stereocenters. The van der Waals surface area contributed by atoms with E-state index in [0.717, 1.165) is 7.11 Å². The molecule has 0 heterocycles. The molecule has 0 aliphatic rings. The highest BCUT2D eigenvalue weighted by molar-refractivity contribution is 14.1. The third-order valence-electron chi connectivity index (χ3n) is 2.17. The van der Waals surface area contributed by atoms with Crippen LogP contribution in [0.3, 0.4) is 0 Å². The Bertz CT molecular complexity index is 503. The highest BCUT2D eigenvalue weighted by Crippen LogP contribution is 2.27. The molecule has 0 saturated heterocycles. The van der Waals surface area contributed by atoms with Gasteiger partial charge in [-0.25, -0.2) is 18.0 Å². The SMILES string of the molecule is COC(=O)/C(=C\I)C(O)c1cc(F)c(F)cc1F. The molecule has 1 aromatic carbocycles. The number of aliphatic hydroxyl groups excluding tert-OH is 1. The molecule has 3 nitrogen and oxygen atoms in total. The Hall–Kier alpha value is -1.09. The van der Waals surface area contributed by atoms with Crippen LogP contribution in [0.4, 0.5) is 13.2 Å². The van der Waals surface area contributed by atoms with E-state index in [1.165, 1.54) is 4.08 Å². The second-order valence-electron chi connectivity index (χ2n) is 3.25. The van der Waals surface area contributed by atoms with Crippen LogP contribution in [-0.4, -0.2) is 18.2 Å². The highest BCUT2D eigenvalue weighted by Gasteiger charge is 2.25. The predicted octanol–water partition coefficient (Wildman–Crippen LogP) is 2.63. The molecule has 0 saturated carbocycles. The van der Waals surface area contributed by atoms with E-state index in [9.17, 15) is 23.1 Å². The molecular weight excluding hydrogens is 364 g/mol. The van der Waals surface area contributed by atoms with Gasteiger partial charge in [0.15, 0.2) is 11.6 Å². The molecular formula is C11H8F3IO3. The van der Waals surface area contributed by atoms with Gasteiger partial charge in [0.25, 0.3) is 0 Å². The molecule has 1 atom stereocenters. The van der Waals surface area contributed by atoms with Crippen molar-refractivity contribution in [3.05, 3.63) is 44.8 Å². The number of carbonyl (C=O) groups excluding carboxylic acids is 1. The first-order valence-corrected chi connectivity index (χ1v) is 5.88. The number of halogens is 4. The summed E-state index contributed by atoms with van der Waals surface area (Å²) in [5.74, 6) is -4.73. The number of carbonyl (C=O) groups is 1. The number of aliphatic hydroxyl groups is 1. The van der Waals surface area contributed by atoms with Crippen LogP contribution < -0.4 is 0 Å². The largest absolute Gasteiger partial charge is 0.466 e. The zero-order valence-electron chi connectivity index (χ0n) is 9.08. The standard InChI is InChI=1S/C11H8F3IO3/c1-18-11(17)6(4-15)10(16)5-2-8(13)9(14)3-7(5)12/h2-4,10,16H,1H3/b6-4-. The summed E-state index contributed by atoms with van der Waals surface area (Å²) in [4.78, 5) is 11.3. The third-order valence-corrected chi connectivity index (χ3v) is 2.84.